The second-order valence-electron chi connectivity index (χ2n) is 17.8. The number of nitrogens with zero attached hydrogens (tertiary/aromatic N) is 2. The van der Waals surface area contributed by atoms with Gasteiger partial charge in [0.2, 0.25) is 0 Å². The highest BCUT2D eigenvalue weighted by atomic mass is 15.2. The van der Waals surface area contributed by atoms with Gasteiger partial charge < -0.3 is 9.80 Å². The Morgan fingerprint density at radius 1 is 0.556 bits per heavy atom. The van der Waals surface area contributed by atoms with E-state index in [0.717, 1.165) is 24.2 Å². The summed E-state index contributed by atoms with van der Waals surface area (Å²) in [5.41, 5.74) is 17.8. The first-order valence-corrected chi connectivity index (χ1v) is 22.5. The van der Waals surface area contributed by atoms with Crippen LogP contribution >= 0.6 is 0 Å². The highest BCUT2D eigenvalue weighted by Crippen LogP contribution is 2.57. The quantitative estimate of drug-likeness (QED) is 0.134. The molecule has 0 N–H and O–H groups in total. The molecule has 0 saturated carbocycles. The maximum absolute atomic E-state index is 3.34. The van der Waals surface area contributed by atoms with Crippen molar-refractivity contribution in [3.05, 3.63) is 246 Å². The van der Waals surface area contributed by atoms with E-state index in [2.05, 4.69) is 248 Å². The van der Waals surface area contributed by atoms with Gasteiger partial charge in [-0.05, 0) is 105 Å². The van der Waals surface area contributed by atoms with E-state index in [-0.39, 0.29) is 29.3 Å². The fourth-order valence-corrected chi connectivity index (χ4v) is 10.5. The normalized spacial score (nSPS) is 21.0. The Hall–Kier alpha value is -7.34. The summed E-state index contributed by atoms with van der Waals surface area (Å²) < 4.78 is 0. The van der Waals surface area contributed by atoms with Crippen molar-refractivity contribution >= 4 is 28.2 Å². The fourth-order valence-electron chi connectivity index (χ4n) is 10.5. The summed E-state index contributed by atoms with van der Waals surface area (Å²) in [5.74, 6) is 7.00. The summed E-state index contributed by atoms with van der Waals surface area (Å²) in [4.78, 5) is 5.10. The van der Waals surface area contributed by atoms with Crippen LogP contribution in [0.25, 0.3) is 33.4 Å². The lowest BCUT2D eigenvalue weighted by atomic mass is 9.72. The third-order valence-electron chi connectivity index (χ3n) is 13.7. The number of para-hydroxylation sites is 1. The van der Waals surface area contributed by atoms with Gasteiger partial charge in [-0.25, -0.2) is 0 Å². The van der Waals surface area contributed by atoms with Crippen LogP contribution < -0.4 is 9.80 Å². The molecule has 0 bridgehead atoms. The van der Waals surface area contributed by atoms with Gasteiger partial charge in [-0.2, -0.15) is 0 Å². The van der Waals surface area contributed by atoms with Gasteiger partial charge in [-0.1, -0.05) is 196 Å². The lowest BCUT2D eigenvalue weighted by molar-refractivity contribution is 0.561. The molecule has 63 heavy (non-hydrogen) atoms. The third-order valence-corrected chi connectivity index (χ3v) is 13.7. The number of anilines is 3. The SMILES string of the molecule is CC1(C)C2=CC3C=CC=CC3C(N(c3ccccc3)C3C=CC(c4ccccc4)=CC3)=C2c2ccc(-c3ccc(N(c4ccc(-c5ccccc5)cc4)C4C=CC#CC4)cc3)cc21. The van der Waals surface area contributed by atoms with Gasteiger partial charge in [0.15, 0.2) is 0 Å². The Kier molecular flexibility index (Phi) is 9.90. The van der Waals surface area contributed by atoms with Crippen molar-refractivity contribution in [2.24, 2.45) is 11.8 Å². The van der Waals surface area contributed by atoms with Crippen LogP contribution in [0.2, 0.25) is 0 Å². The summed E-state index contributed by atoms with van der Waals surface area (Å²) in [6.07, 6.45) is 25.1. The number of rotatable bonds is 9. The first-order valence-electron chi connectivity index (χ1n) is 22.5. The van der Waals surface area contributed by atoms with Crippen LogP contribution in [-0.4, -0.2) is 12.1 Å². The van der Waals surface area contributed by atoms with Gasteiger partial charge >= 0.3 is 0 Å². The summed E-state index contributed by atoms with van der Waals surface area (Å²) in [6.45, 7) is 4.86. The molecule has 6 aromatic carbocycles. The van der Waals surface area contributed by atoms with E-state index in [4.69, 9.17) is 0 Å². The van der Waals surface area contributed by atoms with Gasteiger partial charge in [0, 0.05) is 52.0 Å². The number of hydrogen-bond donors (Lipinski definition) is 0. The molecule has 4 atom stereocenters. The average Bonchev–Trinajstić information content (AvgIpc) is 3.58. The molecule has 5 aliphatic rings. The fraction of sp³-hybridized carbons (Fsp3) is 0.148. The van der Waals surface area contributed by atoms with Crippen molar-refractivity contribution in [2.45, 2.75) is 44.2 Å². The topological polar surface area (TPSA) is 6.48 Å². The number of hydrogen-bond acceptors (Lipinski definition) is 2. The zero-order chi connectivity index (χ0) is 42.3. The van der Waals surface area contributed by atoms with E-state index in [1.807, 2.05) is 6.08 Å². The predicted octanol–water partition coefficient (Wildman–Crippen LogP) is 14.7. The molecule has 0 amide bonds. The van der Waals surface area contributed by atoms with Crippen LogP contribution in [0.5, 0.6) is 0 Å². The van der Waals surface area contributed by atoms with Crippen LogP contribution in [0, 0.1) is 23.7 Å². The van der Waals surface area contributed by atoms with Crippen LogP contribution in [-0.2, 0) is 5.41 Å². The van der Waals surface area contributed by atoms with Crippen LogP contribution in [0.3, 0.4) is 0 Å². The lowest BCUT2D eigenvalue weighted by Crippen LogP contribution is -2.40. The number of allylic oxidation sites excluding steroid dienone is 10. The highest BCUT2D eigenvalue weighted by molar-refractivity contribution is 5.96. The second kappa shape index (κ2) is 16.2. The van der Waals surface area contributed by atoms with Crippen LogP contribution in [0.1, 0.15) is 43.4 Å². The smallest absolute Gasteiger partial charge is 0.0640 e. The molecule has 2 heteroatoms. The molecule has 0 aliphatic heterocycles. The van der Waals surface area contributed by atoms with E-state index in [0.29, 0.717) is 0 Å². The maximum Gasteiger partial charge on any atom is 0.0640 e. The molecule has 0 saturated heterocycles. The Bertz CT molecular complexity index is 2960. The summed E-state index contributed by atoms with van der Waals surface area (Å²) in [6, 6.07) is 58.1. The van der Waals surface area contributed by atoms with Crippen molar-refractivity contribution in [2.75, 3.05) is 9.80 Å². The molecule has 5 aliphatic carbocycles. The Morgan fingerprint density at radius 3 is 1.81 bits per heavy atom. The lowest BCUT2D eigenvalue weighted by Gasteiger charge is -2.43. The molecule has 11 rings (SSSR count). The third kappa shape index (κ3) is 7.05. The van der Waals surface area contributed by atoms with Crippen molar-refractivity contribution in [1.82, 2.24) is 0 Å². The maximum atomic E-state index is 3.34. The summed E-state index contributed by atoms with van der Waals surface area (Å²) >= 11 is 0. The van der Waals surface area contributed by atoms with E-state index >= 15 is 0 Å². The molecule has 2 nitrogen and oxygen atoms in total. The van der Waals surface area contributed by atoms with Crippen molar-refractivity contribution in [3.8, 4) is 34.1 Å². The molecule has 304 valence electrons. The van der Waals surface area contributed by atoms with Crippen molar-refractivity contribution < 1.29 is 0 Å². The largest absolute Gasteiger partial charge is 0.337 e. The average molecular weight is 811 g/mol. The Labute approximate surface area is 373 Å². The summed E-state index contributed by atoms with van der Waals surface area (Å²) in [5, 5.41) is 0. The highest BCUT2D eigenvalue weighted by Gasteiger charge is 2.46. The minimum Gasteiger partial charge on any atom is -0.337 e. The van der Waals surface area contributed by atoms with E-state index < -0.39 is 0 Å². The van der Waals surface area contributed by atoms with Gasteiger partial charge in [-0.3, -0.25) is 0 Å². The first-order chi connectivity index (χ1) is 31.0. The monoisotopic (exact) mass is 810 g/mol. The zero-order valence-corrected chi connectivity index (χ0v) is 35.9. The Balaban J connectivity index is 0.974. The second-order valence-corrected chi connectivity index (χ2v) is 17.8. The molecule has 0 heterocycles. The molecular weight excluding hydrogens is 761 g/mol. The van der Waals surface area contributed by atoms with Crippen LogP contribution in [0.4, 0.5) is 17.1 Å². The standard InChI is InChI=1S/C61H50N2/c1-61(2)57-41-48(47-31-36-53(37-32-47)62(50-22-11-5-12-23-50)52-34-27-45(28-35-52)43-17-7-3-8-18-43)33-40-56(57)59-58(61)42-49-21-15-16-26-55(49)60(59)63(51-24-13-6-14-25-51)54-38-29-46(30-39-54)44-19-9-4-10-20-44/h3-4,6-11,13-22,24-38,40-42,49-50,54-55H,23,39H2,1-2H3. The van der Waals surface area contributed by atoms with Gasteiger partial charge in [0.1, 0.15) is 0 Å². The molecule has 0 aromatic heterocycles. The molecular formula is C61H50N2. The van der Waals surface area contributed by atoms with Gasteiger partial charge in [0.25, 0.3) is 0 Å². The predicted molar refractivity (Wildman–Crippen MR) is 265 cm³/mol. The minimum absolute atomic E-state index is 0.148. The van der Waals surface area contributed by atoms with Crippen LogP contribution in [0.15, 0.2) is 230 Å². The van der Waals surface area contributed by atoms with Gasteiger partial charge in [0.05, 0.1) is 12.1 Å². The summed E-state index contributed by atoms with van der Waals surface area (Å²) in [7, 11) is 0. The van der Waals surface area contributed by atoms with Gasteiger partial charge in [-0.15, -0.1) is 0 Å². The van der Waals surface area contributed by atoms with E-state index in [1.165, 1.54) is 67.0 Å². The number of benzene rings is 6. The van der Waals surface area contributed by atoms with Crippen molar-refractivity contribution in [1.29, 1.82) is 0 Å². The van der Waals surface area contributed by atoms with Crippen molar-refractivity contribution in [3.63, 3.8) is 0 Å². The minimum atomic E-state index is -0.186. The molecule has 0 radical (unpaired) electrons. The van der Waals surface area contributed by atoms with E-state index in [1.54, 1.807) is 0 Å². The molecule has 6 aromatic rings. The van der Waals surface area contributed by atoms with E-state index in [9.17, 15) is 0 Å². The Morgan fingerprint density at radius 2 is 1.16 bits per heavy atom. The number of fused-ring (bicyclic) bond motifs is 4. The zero-order valence-electron chi connectivity index (χ0n) is 35.9. The molecule has 4 unspecified atom stereocenters. The molecule has 0 fully saturated rings. The molecule has 0 spiro atoms. The first kappa shape index (κ1) is 38.6.